The average molecular weight is 625 g/mol. The summed E-state index contributed by atoms with van der Waals surface area (Å²) in [6.07, 6.45) is 1.34. The second-order valence-electron chi connectivity index (χ2n) is 11.8. The van der Waals surface area contributed by atoms with Crippen molar-refractivity contribution >= 4 is 37.0 Å². The molecule has 3 atom stereocenters. The van der Waals surface area contributed by atoms with Crippen molar-refractivity contribution in [1.82, 2.24) is 9.80 Å². The van der Waals surface area contributed by atoms with Crippen LogP contribution in [-0.2, 0) is 16.1 Å². The lowest BCUT2D eigenvalue weighted by Gasteiger charge is -2.36. The van der Waals surface area contributed by atoms with Gasteiger partial charge >= 0.3 is 5.97 Å². The van der Waals surface area contributed by atoms with Crippen molar-refractivity contribution in [3.8, 4) is 5.75 Å². The highest BCUT2D eigenvalue weighted by atomic mass is 35.5. The van der Waals surface area contributed by atoms with E-state index in [0.29, 0.717) is 30.2 Å². The number of benzene rings is 2. The van der Waals surface area contributed by atoms with Gasteiger partial charge in [0.25, 0.3) is 5.91 Å². The fourth-order valence-electron chi connectivity index (χ4n) is 5.91. The number of piperidine rings is 1. The van der Waals surface area contributed by atoms with Gasteiger partial charge in [-0.1, -0.05) is 36.2 Å². The normalized spacial score (nSPS) is 23.8. The fraction of sp³-hybridized carbons (Fsp3) is 0.548. The standard InChI is InChI=1S/C31H37ClF2N2O5.H2S/c1-18-4-7-24(32)21(12-18)15-35-10-8-31(34,9-11-35)17-41-27-14-25(33)23(13-22(27)20-5-6-20)29(38)36-16-26(37)19(2)28(36)30(39)40-3;/h4,7,12-14,19-20,26,28,37H,5-6,8-11,15-17H2,1-3H3;1H2/t19?,26?,28-;/m0./s1. The van der Waals surface area contributed by atoms with Gasteiger partial charge in [0, 0.05) is 43.2 Å². The zero-order valence-electron chi connectivity index (χ0n) is 24.2. The van der Waals surface area contributed by atoms with Crippen LogP contribution in [-0.4, -0.2) is 77.9 Å². The van der Waals surface area contributed by atoms with Crippen LogP contribution in [0.1, 0.15) is 65.6 Å². The van der Waals surface area contributed by atoms with E-state index in [1.54, 1.807) is 6.92 Å². The molecule has 2 aromatic carbocycles. The highest BCUT2D eigenvalue weighted by Gasteiger charge is 2.46. The van der Waals surface area contributed by atoms with Gasteiger partial charge < -0.3 is 19.5 Å². The van der Waals surface area contributed by atoms with Crippen molar-refractivity contribution in [3.63, 3.8) is 0 Å². The number of methoxy groups -OCH3 is 1. The smallest absolute Gasteiger partial charge is 0.328 e. The van der Waals surface area contributed by atoms with Gasteiger partial charge in [0.05, 0.1) is 18.8 Å². The molecule has 2 heterocycles. The summed E-state index contributed by atoms with van der Waals surface area (Å²) in [5.74, 6) is -2.39. The third-order valence-corrected chi connectivity index (χ3v) is 9.08. The molecule has 0 aromatic heterocycles. The summed E-state index contributed by atoms with van der Waals surface area (Å²) in [4.78, 5) is 29.1. The van der Waals surface area contributed by atoms with E-state index < -0.39 is 41.4 Å². The van der Waals surface area contributed by atoms with Gasteiger partial charge in [-0.15, -0.1) is 0 Å². The molecule has 0 radical (unpaired) electrons. The van der Waals surface area contributed by atoms with E-state index in [-0.39, 0.29) is 56.7 Å². The molecule has 2 aliphatic heterocycles. The topological polar surface area (TPSA) is 79.3 Å². The van der Waals surface area contributed by atoms with Gasteiger partial charge in [-0.05, 0) is 61.8 Å². The van der Waals surface area contributed by atoms with Crippen molar-refractivity contribution < 1.29 is 33.0 Å². The van der Waals surface area contributed by atoms with Crippen LogP contribution in [0, 0.1) is 18.7 Å². The predicted octanol–water partition coefficient (Wildman–Crippen LogP) is 5.16. The van der Waals surface area contributed by atoms with Gasteiger partial charge in [-0.2, -0.15) is 13.5 Å². The molecule has 11 heteroatoms. The Morgan fingerprint density at radius 2 is 1.86 bits per heavy atom. The first-order chi connectivity index (χ1) is 19.5. The van der Waals surface area contributed by atoms with E-state index in [9.17, 15) is 14.7 Å². The minimum Gasteiger partial charge on any atom is -0.490 e. The summed E-state index contributed by atoms with van der Waals surface area (Å²) >= 11 is 6.35. The maximum absolute atomic E-state index is 15.8. The molecule has 230 valence electrons. The van der Waals surface area contributed by atoms with E-state index in [2.05, 4.69) is 4.90 Å². The van der Waals surface area contributed by atoms with Crippen molar-refractivity contribution in [1.29, 1.82) is 0 Å². The molecular weight excluding hydrogens is 586 g/mol. The van der Waals surface area contributed by atoms with Crippen LogP contribution in [0.2, 0.25) is 5.02 Å². The highest BCUT2D eigenvalue weighted by Crippen LogP contribution is 2.46. The molecule has 1 amide bonds. The summed E-state index contributed by atoms with van der Waals surface area (Å²) < 4.78 is 41.9. The lowest BCUT2D eigenvalue weighted by molar-refractivity contribution is -0.146. The number of carbonyl (C=O) groups excluding carboxylic acids is 2. The predicted molar refractivity (Wildman–Crippen MR) is 161 cm³/mol. The first-order valence-corrected chi connectivity index (χ1v) is 14.6. The minimum atomic E-state index is -1.56. The van der Waals surface area contributed by atoms with Crippen LogP contribution in [0.25, 0.3) is 0 Å². The Balaban J connectivity index is 0.00000405. The minimum absolute atomic E-state index is 0. The van der Waals surface area contributed by atoms with E-state index in [1.165, 1.54) is 18.1 Å². The summed E-state index contributed by atoms with van der Waals surface area (Å²) in [6.45, 7) is 5.08. The molecule has 0 bridgehead atoms. The zero-order valence-corrected chi connectivity index (χ0v) is 25.9. The molecule has 3 aliphatic rings. The molecule has 2 aromatic rings. The Labute approximate surface area is 257 Å². The molecule has 42 heavy (non-hydrogen) atoms. The van der Waals surface area contributed by atoms with Crippen molar-refractivity contribution in [2.45, 2.75) is 69.8 Å². The van der Waals surface area contributed by atoms with Crippen LogP contribution < -0.4 is 4.74 Å². The number of esters is 1. The number of nitrogens with zero attached hydrogens (tertiary/aromatic N) is 2. The third kappa shape index (κ3) is 6.87. The molecule has 1 saturated carbocycles. The first kappa shape index (κ1) is 32.5. The molecule has 1 N–H and O–H groups in total. The second kappa shape index (κ2) is 13.1. The highest BCUT2D eigenvalue weighted by molar-refractivity contribution is 7.59. The number of hydrogen-bond acceptors (Lipinski definition) is 6. The van der Waals surface area contributed by atoms with Crippen LogP contribution in [0.3, 0.4) is 0 Å². The van der Waals surface area contributed by atoms with Gasteiger partial charge in [-0.25, -0.2) is 13.6 Å². The molecular formula is C31H39ClF2N2O5S. The third-order valence-electron chi connectivity index (χ3n) is 8.71. The molecule has 2 saturated heterocycles. The number of alkyl halides is 1. The Bertz CT molecular complexity index is 1320. The van der Waals surface area contributed by atoms with Crippen molar-refractivity contribution in [2.75, 3.05) is 33.4 Å². The van der Waals surface area contributed by atoms with Crippen LogP contribution in [0.5, 0.6) is 5.75 Å². The van der Waals surface area contributed by atoms with Crippen LogP contribution >= 0.6 is 25.1 Å². The van der Waals surface area contributed by atoms with Gasteiger partial charge in [0.15, 0.2) is 0 Å². The quantitative estimate of drug-likeness (QED) is 0.409. The molecule has 7 nitrogen and oxygen atoms in total. The second-order valence-corrected chi connectivity index (χ2v) is 12.2. The Kier molecular flexibility index (Phi) is 10.1. The maximum Gasteiger partial charge on any atom is 0.328 e. The number of aliphatic hydroxyl groups is 1. The molecule has 1 aliphatic carbocycles. The van der Waals surface area contributed by atoms with Crippen LogP contribution in [0.15, 0.2) is 30.3 Å². The first-order valence-electron chi connectivity index (χ1n) is 14.2. The van der Waals surface area contributed by atoms with E-state index in [4.69, 9.17) is 21.1 Å². The number of ether oxygens (including phenoxy) is 2. The number of β-amino-alcohol motifs (C(OH)–C–C–N with tert-alkyl or cyclic N) is 1. The fourth-order valence-corrected chi connectivity index (χ4v) is 6.08. The van der Waals surface area contributed by atoms with Crippen LogP contribution in [0.4, 0.5) is 8.78 Å². The lowest BCUT2D eigenvalue weighted by Crippen LogP contribution is -2.44. The molecule has 2 unspecified atom stereocenters. The summed E-state index contributed by atoms with van der Waals surface area (Å²) in [5.41, 5.74) is 1.04. The van der Waals surface area contributed by atoms with Gasteiger partial charge in [0.1, 0.15) is 29.9 Å². The monoisotopic (exact) mass is 624 g/mol. The molecule has 0 spiro atoms. The summed E-state index contributed by atoms with van der Waals surface area (Å²) in [7, 11) is 1.21. The summed E-state index contributed by atoms with van der Waals surface area (Å²) in [6, 6.07) is 7.50. The van der Waals surface area contributed by atoms with E-state index >= 15 is 8.78 Å². The number of rotatable bonds is 8. The van der Waals surface area contributed by atoms with Crippen molar-refractivity contribution in [2.24, 2.45) is 5.92 Å². The number of likely N-dealkylation sites (tertiary alicyclic amines) is 2. The maximum atomic E-state index is 15.8. The van der Waals surface area contributed by atoms with Crippen molar-refractivity contribution in [3.05, 3.63) is 63.4 Å². The number of aryl methyl sites for hydroxylation is 1. The molecule has 5 rings (SSSR count). The SMILES string of the molecule is COC(=O)[C@@H]1C(C)C(O)CN1C(=O)c1cc(C2CC2)c(OCC2(F)CCN(Cc3cc(C)ccc3Cl)CC2)cc1F.S. The zero-order chi connectivity index (χ0) is 29.5. The number of aliphatic hydroxyl groups excluding tert-OH is 1. The van der Waals surface area contributed by atoms with Gasteiger partial charge in [-0.3, -0.25) is 9.69 Å². The number of amides is 1. The lowest BCUT2D eigenvalue weighted by atomic mass is 9.93. The van der Waals surface area contributed by atoms with Gasteiger partial charge in [0.2, 0.25) is 0 Å². The number of hydrogen-bond donors (Lipinski definition) is 1. The molecule has 3 fully saturated rings. The number of carbonyl (C=O) groups is 2. The number of halogens is 3. The van der Waals surface area contributed by atoms with E-state index in [1.807, 2.05) is 25.1 Å². The Morgan fingerprint density at radius 3 is 2.50 bits per heavy atom. The largest absolute Gasteiger partial charge is 0.490 e. The van der Waals surface area contributed by atoms with E-state index in [0.717, 1.165) is 30.0 Å². The Hall–Kier alpha value is -2.40. The average Bonchev–Trinajstić information content (AvgIpc) is 3.75. The Morgan fingerprint density at radius 1 is 1.17 bits per heavy atom. The summed E-state index contributed by atoms with van der Waals surface area (Å²) in [5, 5.41) is 11.0.